The number of aromatic nitrogens is 1. The van der Waals surface area contributed by atoms with Crippen LogP contribution in [-0.2, 0) is 11.3 Å². The lowest BCUT2D eigenvalue weighted by atomic mass is 9.78. The monoisotopic (exact) mass is 419 g/mol. The molecular formula is C23H37N3O4. The van der Waals surface area contributed by atoms with E-state index < -0.39 is 0 Å². The van der Waals surface area contributed by atoms with Crippen molar-refractivity contribution in [3.8, 4) is 11.8 Å². The van der Waals surface area contributed by atoms with Crippen molar-refractivity contribution in [2.45, 2.75) is 70.0 Å². The van der Waals surface area contributed by atoms with Crippen molar-refractivity contribution in [3.63, 3.8) is 0 Å². The summed E-state index contributed by atoms with van der Waals surface area (Å²) in [5.74, 6) is 2.17. The van der Waals surface area contributed by atoms with E-state index in [0.29, 0.717) is 42.8 Å². The zero-order chi connectivity index (χ0) is 21.5. The van der Waals surface area contributed by atoms with Crippen molar-refractivity contribution < 1.29 is 19.4 Å². The second kappa shape index (κ2) is 11.0. The highest BCUT2D eigenvalue weighted by Crippen LogP contribution is 2.36. The maximum absolute atomic E-state index is 13.3. The first kappa shape index (κ1) is 22.8. The van der Waals surface area contributed by atoms with Crippen LogP contribution < -0.4 is 9.47 Å². The number of aliphatic hydroxyl groups excluding tert-OH is 1. The molecule has 168 valence electrons. The molecule has 0 aromatic carbocycles. The van der Waals surface area contributed by atoms with E-state index in [2.05, 4.69) is 14.8 Å². The highest BCUT2D eigenvalue weighted by atomic mass is 16.5. The van der Waals surface area contributed by atoms with Crippen LogP contribution in [0.15, 0.2) is 12.1 Å². The normalized spacial score (nSPS) is 23.3. The third kappa shape index (κ3) is 5.43. The van der Waals surface area contributed by atoms with Crippen molar-refractivity contribution in [2.75, 3.05) is 34.4 Å². The number of methoxy groups -OCH3 is 2. The molecule has 2 unspecified atom stereocenters. The van der Waals surface area contributed by atoms with Crippen molar-refractivity contribution in [2.24, 2.45) is 5.92 Å². The van der Waals surface area contributed by atoms with Crippen molar-refractivity contribution in [1.29, 1.82) is 0 Å². The summed E-state index contributed by atoms with van der Waals surface area (Å²) in [5.41, 5.74) is 1.01. The minimum absolute atomic E-state index is 0.309. The third-order valence-electron chi connectivity index (χ3n) is 6.65. The van der Waals surface area contributed by atoms with Gasteiger partial charge in [0.1, 0.15) is 0 Å². The molecule has 2 atom stereocenters. The number of piperidine rings is 1. The van der Waals surface area contributed by atoms with E-state index in [1.807, 2.05) is 12.1 Å². The van der Waals surface area contributed by atoms with Gasteiger partial charge in [0.2, 0.25) is 17.7 Å². The number of aliphatic hydroxyl groups is 1. The van der Waals surface area contributed by atoms with Gasteiger partial charge in [-0.3, -0.25) is 9.69 Å². The van der Waals surface area contributed by atoms with Crippen LogP contribution in [0, 0.1) is 5.92 Å². The Morgan fingerprint density at radius 1 is 1.10 bits per heavy atom. The molecule has 0 spiro atoms. The van der Waals surface area contributed by atoms with E-state index in [1.54, 1.807) is 14.2 Å². The molecule has 1 N–H and O–H groups in total. The van der Waals surface area contributed by atoms with Crippen LogP contribution in [0.2, 0.25) is 0 Å². The van der Waals surface area contributed by atoms with Crippen LogP contribution in [0.4, 0.5) is 0 Å². The molecule has 1 aromatic heterocycles. The summed E-state index contributed by atoms with van der Waals surface area (Å²) >= 11 is 0. The number of amides is 1. The average molecular weight is 420 g/mol. The van der Waals surface area contributed by atoms with Crippen molar-refractivity contribution in [3.05, 3.63) is 17.7 Å². The van der Waals surface area contributed by atoms with E-state index in [4.69, 9.17) is 14.6 Å². The Bertz CT molecular complexity index is 693. The predicted octanol–water partition coefficient (Wildman–Crippen LogP) is 2.85. The lowest BCUT2D eigenvalue weighted by Crippen LogP contribution is -2.52. The van der Waals surface area contributed by atoms with E-state index >= 15 is 0 Å². The first-order valence-electron chi connectivity index (χ1n) is 11.3. The fourth-order valence-corrected chi connectivity index (χ4v) is 5.03. The average Bonchev–Trinajstić information content (AvgIpc) is 3.65. The molecule has 2 aliphatic carbocycles. The maximum atomic E-state index is 13.3. The first-order valence-corrected chi connectivity index (χ1v) is 11.3. The smallest absolute Gasteiger partial charge is 0.237 e. The summed E-state index contributed by atoms with van der Waals surface area (Å²) in [6.45, 7) is 2.13. The van der Waals surface area contributed by atoms with Crippen LogP contribution in [-0.4, -0.2) is 72.3 Å². The number of ether oxygens (including phenoxy) is 2. The standard InChI is InChI=1S/C22H33N3O3.CH4O/c1-27-20-12-9-17(22(23-20)28-2)14-24(18-10-11-18)15-21(26)25-13-5-7-16-6-3-4-8-19(16)25;1-2/h9,12,16,18-19H,3-8,10-11,13-15H2,1-2H3;2H,1H3. The molecule has 1 aliphatic heterocycles. The lowest BCUT2D eigenvalue weighted by molar-refractivity contribution is -0.139. The van der Waals surface area contributed by atoms with Gasteiger partial charge in [0.05, 0.1) is 20.8 Å². The molecule has 1 aromatic rings. The fraction of sp³-hybridized carbons (Fsp3) is 0.739. The van der Waals surface area contributed by atoms with Crippen LogP contribution >= 0.6 is 0 Å². The molecular weight excluding hydrogens is 382 g/mol. The Balaban J connectivity index is 0.00000124. The second-order valence-electron chi connectivity index (χ2n) is 8.50. The van der Waals surface area contributed by atoms with Crippen LogP contribution in [0.1, 0.15) is 56.9 Å². The molecule has 2 heterocycles. The summed E-state index contributed by atoms with van der Waals surface area (Å²) in [4.78, 5) is 22.2. The number of fused-ring (bicyclic) bond motifs is 1. The molecule has 3 aliphatic rings. The molecule has 3 fully saturated rings. The zero-order valence-electron chi connectivity index (χ0n) is 18.7. The van der Waals surface area contributed by atoms with Gasteiger partial charge in [-0.25, -0.2) is 0 Å². The van der Waals surface area contributed by atoms with Gasteiger partial charge in [0.15, 0.2) is 0 Å². The summed E-state index contributed by atoms with van der Waals surface area (Å²) in [6, 6.07) is 4.85. The van der Waals surface area contributed by atoms with Crippen molar-refractivity contribution in [1.82, 2.24) is 14.8 Å². The number of rotatable bonds is 7. The minimum Gasteiger partial charge on any atom is -0.481 e. The number of pyridine rings is 1. The Labute approximate surface area is 180 Å². The van der Waals surface area contributed by atoms with E-state index in [1.165, 1.54) is 44.9 Å². The number of nitrogens with zero attached hydrogens (tertiary/aromatic N) is 3. The molecule has 2 saturated carbocycles. The Morgan fingerprint density at radius 3 is 2.53 bits per heavy atom. The molecule has 4 rings (SSSR count). The summed E-state index contributed by atoms with van der Waals surface area (Å²) in [6.07, 6.45) is 9.90. The quantitative estimate of drug-likeness (QED) is 0.733. The van der Waals surface area contributed by atoms with Gasteiger partial charge >= 0.3 is 0 Å². The van der Waals surface area contributed by atoms with Gasteiger partial charge in [0.25, 0.3) is 0 Å². The minimum atomic E-state index is 0.309. The lowest BCUT2D eigenvalue weighted by Gasteiger charge is -2.44. The Hall–Kier alpha value is -1.86. The van der Waals surface area contributed by atoms with Gasteiger partial charge in [-0.1, -0.05) is 12.8 Å². The maximum Gasteiger partial charge on any atom is 0.237 e. The summed E-state index contributed by atoms with van der Waals surface area (Å²) in [7, 11) is 4.24. The van der Waals surface area contributed by atoms with Crippen LogP contribution in [0.3, 0.4) is 0 Å². The molecule has 0 radical (unpaired) electrons. The van der Waals surface area contributed by atoms with Gasteiger partial charge in [-0.2, -0.15) is 4.98 Å². The molecule has 1 saturated heterocycles. The van der Waals surface area contributed by atoms with Gasteiger partial charge in [0, 0.05) is 43.9 Å². The topological polar surface area (TPSA) is 75.1 Å². The van der Waals surface area contributed by atoms with Crippen LogP contribution in [0.25, 0.3) is 0 Å². The van der Waals surface area contributed by atoms with Gasteiger partial charge < -0.3 is 19.5 Å². The molecule has 7 heteroatoms. The Morgan fingerprint density at radius 2 is 1.83 bits per heavy atom. The van der Waals surface area contributed by atoms with Crippen LogP contribution in [0.5, 0.6) is 11.8 Å². The van der Waals surface area contributed by atoms with Gasteiger partial charge in [-0.05, 0) is 50.5 Å². The molecule has 7 nitrogen and oxygen atoms in total. The first-order chi connectivity index (χ1) is 14.7. The SMILES string of the molecule is CO.COc1ccc(CN(CC(=O)N2CCCC3CCCCC32)C2CC2)c(OC)n1. The number of likely N-dealkylation sites (tertiary alicyclic amines) is 1. The van der Waals surface area contributed by atoms with E-state index in [9.17, 15) is 4.79 Å². The van der Waals surface area contributed by atoms with Gasteiger partial charge in [-0.15, -0.1) is 0 Å². The summed E-state index contributed by atoms with van der Waals surface area (Å²) < 4.78 is 10.7. The zero-order valence-corrected chi connectivity index (χ0v) is 18.7. The van der Waals surface area contributed by atoms with Crippen molar-refractivity contribution >= 4 is 5.91 Å². The molecule has 30 heavy (non-hydrogen) atoms. The highest BCUT2D eigenvalue weighted by Gasteiger charge is 2.38. The fourth-order valence-electron chi connectivity index (χ4n) is 5.03. The number of hydrogen-bond donors (Lipinski definition) is 1. The third-order valence-corrected chi connectivity index (χ3v) is 6.65. The predicted molar refractivity (Wildman–Crippen MR) is 116 cm³/mol. The number of carbonyl (C=O) groups excluding carboxylic acids is 1. The largest absolute Gasteiger partial charge is 0.481 e. The van der Waals surface area contributed by atoms with E-state index in [-0.39, 0.29) is 0 Å². The second-order valence-corrected chi connectivity index (χ2v) is 8.50. The molecule has 0 bridgehead atoms. The number of carbonyl (C=O) groups is 1. The molecule has 1 amide bonds. The highest BCUT2D eigenvalue weighted by molar-refractivity contribution is 5.79. The number of hydrogen-bond acceptors (Lipinski definition) is 6. The summed E-state index contributed by atoms with van der Waals surface area (Å²) in [5, 5.41) is 7.00. The van der Waals surface area contributed by atoms with E-state index in [0.717, 1.165) is 31.6 Å². The Kier molecular flexibility index (Phi) is 8.33.